The van der Waals surface area contributed by atoms with Gasteiger partial charge in [-0.25, -0.2) is 13.1 Å². The largest absolute Gasteiger partial charge is 0.409 e. The minimum atomic E-state index is -3.61. The lowest BCUT2D eigenvalue weighted by Gasteiger charge is -2.13. The first-order valence-corrected chi connectivity index (χ1v) is 7.37. The second kappa shape index (κ2) is 6.17. The Labute approximate surface area is 114 Å². The zero-order valence-corrected chi connectivity index (χ0v) is 12.1. The average molecular weight is 336 g/mol. The number of nitrogens with one attached hydrogen (secondary N) is 1. The molecule has 0 aliphatic rings. The van der Waals surface area contributed by atoms with Crippen LogP contribution in [0.4, 0.5) is 0 Å². The van der Waals surface area contributed by atoms with E-state index >= 15 is 0 Å². The van der Waals surface area contributed by atoms with E-state index in [-0.39, 0.29) is 17.2 Å². The van der Waals surface area contributed by atoms with Crippen LogP contribution >= 0.6 is 15.9 Å². The third-order valence-electron chi connectivity index (χ3n) is 2.11. The fraction of sp³-hybridized carbons (Fsp3) is 0.300. The van der Waals surface area contributed by atoms with Gasteiger partial charge in [0.15, 0.2) is 0 Å². The molecule has 0 aliphatic carbocycles. The summed E-state index contributed by atoms with van der Waals surface area (Å²) in [6, 6.07) is 5.89. The molecule has 0 spiro atoms. The van der Waals surface area contributed by atoms with E-state index in [9.17, 15) is 8.42 Å². The molecule has 4 N–H and O–H groups in total. The van der Waals surface area contributed by atoms with Gasteiger partial charge in [0.05, 0.1) is 4.90 Å². The van der Waals surface area contributed by atoms with Gasteiger partial charge in [-0.2, -0.15) is 0 Å². The molecule has 1 atom stereocenters. The second-order valence-corrected chi connectivity index (χ2v) is 6.40. The van der Waals surface area contributed by atoms with Crippen LogP contribution in [0.3, 0.4) is 0 Å². The summed E-state index contributed by atoms with van der Waals surface area (Å²) in [6.07, 6.45) is 0.129. The van der Waals surface area contributed by atoms with Crippen molar-refractivity contribution < 1.29 is 13.6 Å². The molecule has 0 heterocycles. The number of nitrogens with two attached hydrogens (primary N) is 1. The first-order valence-electron chi connectivity index (χ1n) is 5.09. The van der Waals surface area contributed by atoms with Gasteiger partial charge in [0.1, 0.15) is 5.84 Å². The van der Waals surface area contributed by atoms with E-state index in [2.05, 4.69) is 25.8 Å². The number of hydrogen-bond acceptors (Lipinski definition) is 4. The minimum Gasteiger partial charge on any atom is -0.409 e. The summed E-state index contributed by atoms with van der Waals surface area (Å²) in [6.45, 7) is 1.63. The zero-order valence-electron chi connectivity index (χ0n) is 9.67. The maximum Gasteiger partial charge on any atom is 0.240 e. The first-order chi connectivity index (χ1) is 8.35. The fourth-order valence-electron chi connectivity index (χ4n) is 1.36. The topological polar surface area (TPSA) is 105 Å². The van der Waals surface area contributed by atoms with E-state index in [1.54, 1.807) is 19.1 Å². The highest BCUT2D eigenvalue weighted by Gasteiger charge is 2.18. The van der Waals surface area contributed by atoms with Crippen LogP contribution in [-0.4, -0.2) is 25.5 Å². The number of hydrogen-bond donors (Lipinski definition) is 3. The van der Waals surface area contributed by atoms with Gasteiger partial charge in [-0.05, 0) is 25.1 Å². The van der Waals surface area contributed by atoms with Gasteiger partial charge >= 0.3 is 0 Å². The summed E-state index contributed by atoms with van der Waals surface area (Å²) in [5, 5.41) is 11.2. The van der Waals surface area contributed by atoms with Crippen LogP contribution in [0, 0.1) is 0 Å². The first kappa shape index (κ1) is 14.9. The Morgan fingerprint density at radius 1 is 1.61 bits per heavy atom. The molecule has 1 aromatic rings. The highest BCUT2D eigenvalue weighted by molar-refractivity contribution is 9.10. The normalized spacial score (nSPS) is 14.4. The summed E-state index contributed by atoms with van der Waals surface area (Å²) in [4.78, 5) is 0.156. The van der Waals surface area contributed by atoms with Gasteiger partial charge < -0.3 is 10.9 Å². The number of oxime groups is 1. The highest BCUT2D eigenvalue weighted by Crippen LogP contribution is 2.16. The summed E-state index contributed by atoms with van der Waals surface area (Å²) < 4.78 is 27.1. The molecule has 0 bridgehead atoms. The zero-order chi connectivity index (χ0) is 13.8. The number of amidine groups is 1. The molecule has 1 unspecified atom stereocenters. The quantitative estimate of drug-likeness (QED) is 0.326. The van der Waals surface area contributed by atoms with E-state index in [0.29, 0.717) is 4.47 Å². The molecule has 1 aromatic carbocycles. The number of benzene rings is 1. The standard InChI is InChI=1S/C10H14BrN3O3S/c1-7(5-10(12)13-15)14-18(16,17)9-4-2-3-8(11)6-9/h2-4,6-7,14-15H,5H2,1H3,(H2,12,13). The van der Waals surface area contributed by atoms with Crippen LogP contribution in [0.1, 0.15) is 13.3 Å². The van der Waals surface area contributed by atoms with Crippen molar-refractivity contribution in [2.24, 2.45) is 10.9 Å². The number of sulfonamides is 1. The smallest absolute Gasteiger partial charge is 0.240 e. The van der Waals surface area contributed by atoms with Gasteiger partial charge in [-0.3, -0.25) is 0 Å². The van der Waals surface area contributed by atoms with Crippen LogP contribution in [0.2, 0.25) is 0 Å². The van der Waals surface area contributed by atoms with Crippen molar-refractivity contribution in [3.05, 3.63) is 28.7 Å². The van der Waals surface area contributed by atoms with E-state index in [0.717, 1.165) is 0 Å². The lowest BCUT2D eigenvalue weighted by Crippen LogP contribution is -2.35. The molecule has 0 amide bonds. The van der Waals surface area contributed by atoms with E-state index < -0.39 is 16.1 Å². The van der Waals surface area contributed by atoms with E-state index in [4.69, 9.17) is 10.9 Å². The second-order valence-electron chi connectivity index (χ2n) is 3.78. The van der Waals surface area contributed by atoms with Crippen LogP contribution in [0.25, 0.3) is 0 Å². The third-order valence-corrected chi connectivity index (χ3v) is 4.19. The van der Waals surface area contributed by atoms with Crippen LogP contribution < -0.4 is 10.5 Å². The molecule has 6 nitrogen and oxygen atoms in total. The van der Waals surface area contributed by atoms with Crippen LogP contribution in [0.5, 0.6) is 0 Å². The lowest BCUT2D eigenvalue weighted by atomic mass is 10.2. The molecule has 1 rings (SSSR count). The maximum absolute atomic E-state index is 12.0. The monoisotopic (exact) mass is 335 g/mol. The fourth-order valence-corrected chi connectivity index (χ4v) is 3.20. The van der Waals surface area contributed by atoms with Crippen molar-refractivity contribution in [1.82, 2.24) is 4.72 Å². The highest BCUT2D eigenvalue weighted by atomic mass is 79.9. The van der Waals surface area contributed by atoms with Gasteiger partial charge in [-0.15, -0.1) is 0 Å². The van der Waals surface area contributed by atoms with Gasteiger partial charge in [0, 0.05) is 16.9 Å². The lowest BCUT2D eigenvalue weighted by molar-refractivity contribution is 0.316. The van der Waals surface area contributed by atoms with Crippen LogP contribution in [-0.2, 0) is 10.0 Å². The van der Waals surface area contributed by atoms with E-state index in [1.165, 1.54) is 12.1 Å². The Kier molecular flexibility index (Phi) is 5.12. The van der Waals surface area contributed by atoms with Crippen molar-refractivity contribution in [2.45, 2.75) is 24.3 Å². The number of halogens is 1. The van der Waals surface area contributed by atoms with Crippen molar-refractivity contribution >= 4 is 31.8 Å². The molecule has 0 saturated heterocycles. The van der Waals surface area contributed by atoms with Gasteiger partial charge in [0.25, 0.3) is 0 Å². The molecule has 18 heavy (non-hydrogen) atoms. The molecule has 0 fully saturated rings. The molecule has 0 radical (unpaired) electrons. The maximum atomic E-state index is 12.0. The van der Waals surface area contributed by atoms with Gasteiger partial charge in [-0.1, -0.05) is 27.2 Å². The Bertz CT molecular complexity index is 545. The number of rotatable bonds is 5. The van der Waals surface area contributed by atoms with Crippen molar-refractivity contribution in [3.8, 4) is 0 Å². The van der Waals surface area contributed by atoms with Crippen LogP contribution in [0.15, 0.2) is 38.8 Å². The SMILES string of the molecule is CC(C/C(N)=N/O)NS(=O)(=O)c1cccc(Br)c1. The molecule has 8 heteroatoms. The predicted octanol–water partition coefficient (Wildman–Crippen LogP) is 1.25. The Morgan fingerprint density at radius 2 is 2.28 bits per heavy atom. The summed E-state index contributed by atoms with van der Waals surface area (Å²) in [7, 11) is -3.61. The van der Waals surface area contributed by atoms with Gasteiger partial charge in [0.2, 0.25) is 10.0 Å². The Balaban J connectivity index is 2.83. The molecular weight excluding hydrogens is 322 g/mol. The van der Waals surface area contributed by atoms with Crippen molar-refractivity contribution in [3.63, 3.8) is 0 Å². The molecular formula is C10H14BrN3O3S. The summed E-state index contributed by atoms with van der Waals surface area (Å²) in [5.74, 6) is -0.0283. The third kappa shape index (κ3) is 4.28. The average Bonchev–Trinajstić information content (AvgIpc) is 2.28. The molecule has 0 saturated carbocycles. The molecule has 100 valence electrons. The van der Waals surface area contributed by atoms with E-state index in [1.807, 2.05) is 0 Å². The minimum absolute atomic E-state index is 0.0283. The molecule has 0 aliphatic heterocycles. The molecule has 0 aromatic heterocycles. The van der Waals surface area contributed by atoms with Crippen molar-refractivity contribution in [1.29, 1.82) is 0 Å². The number of nitrogens with zero attached hydrogens (tertiary/aromatic N) is 1. The van der Waals surface area contributed by atoms with Crippen molar-refractivity contribution in [2.75, 3.05) is 0 Å². The summed E-state index contributed by atoms with van der Waals surface area (Å²) in [5.41, 5.74) is 5.31. The summed E-state index contributed by atoms with van der Waals surface area (Å²) >= 11 is 3.21. The Morgan fingerprint density at radius 3 is 2.83 bits per heavy atom. The predicted molar refractivity (Wildman–Crippen MR) is 72.0 cm³/mol. The Hall–Kier alpha value is -1.12.